The Bertz CT molecular complexity index is 940. The number of esters is 1. The summed E-state index contributed by atoms with van der Waals surface area (Å²) in [5.41, 5.74) is 1.01. The maximum Gasteiger partial charge on any atom is 0.338 e. The fraction of sp³-hybridized carbons (Fsp3) is 0.348. The van der Waals surface area contributed by atoms with Gasteiger partial charge in [0.05, 0.1) is 33.5 Å². The van der Waals surface area contributed by atoms with Crippen molar-refractivity contribution in [2.75, 3.05) is 4.90 Å². The Kier molecular flexibility index (Phi) is 6.70. The first-order valence-corrected chi connectivity index (χ1v) is 10.3. The molecule has 1 heterocycles. The van der Waals surface area contributed by atoms with Crippen molar-refractivity contribution in [2.45, 2.75) is 52.1 Å². The highest BCUT2D eigenvalue weighted by Crippen LogP contribution is 2.33. The molecule has 1 aliphatic heterocycles. The van der Waals surface area contributed by atoms with Crippen LogP contribution in [0.25, 0.3) is 0 Å². The van der Waals surface area contributed by atoms with Crippen LogP contribution in [0.4, 0.5) is 5.69 Å². The summed E-state index contributed by atoms with van der Waals surface area (Å²) in [6, 6.07) is 11.1. The topological polar surface area (TPSA) is 63.7 Å². The van der Waals surface area contributed by atoms with Gasteiger partial charge in [0, 0.05) is 0 Å². The smallest absolute Gasteiger partial charge is 0.338 e. The Morgan fingerprint density at radius 3 is 2.48 bits per heavy atom. The van der Waals surface area contributed by atoms with Gasteiger partial charge in [0.2, 0.25) is 0 Å². The molecule has 0 N–H and O–H groups in total. The van der Waals surface area contributed by atoms with Gasteiger partial charge >= 0.3 is 5.97 Å². The minimum Gasteiger partial charge on any atom is -0.459 e. The van der Waals surface area contributed by atoms with Crippen LogP contribution >= 0.6 is 11.6 Å². The van der Waals surface area contributed by atoms with Gasteiger partial charge < -0.3 is 4.74 Å². The molecule has 2 amide bonds. The monoisotopic (exact) mass is 413 g/mol. The Morgan fingerprint density at radius 2 is 1.76 bits per heavy atom. The van der Waals surface area contributed by atoms with E-state index < -0.39 is 17.8 Å². The standard InChI is InChI=1S/C23H24ClNO4/c1-3-4-5-6-9-15(2)29-23(28)16-12-13-17-18(14-16)22(27)25(21(17)26)20-11-8-7-10-19(20)24/h7-8,10-15H,3-6,9H2,1-2H3. The highest BCUT2D eigenvalue weighted by atomic mass is 35.5. The normalized spacial score (nSPS) is 14.1. The quantitative estimate of drug-likeness (QED) is 0.318. The molecule has 0 saturated carbocycles. The molecule has 1 unspecified atom stereocenters. The van der Waals surface area contributed by atoms with Crippen LogP contribution in [0.1, 0.15) is 77.0 Å². The van der Waals surface area contributed by atoms with Crippen LogP contribution in [0.2, 0.25) is 5.02 Å². The van der Waals surface area contributed by atoms with Gasteiger partial charge in [-0.3, -0.25) is 9.59 Å². The number of ether oxygens (including phenoxy) is 1. The number of unbranched alkanes of at least 4 members (excludes halogenated alkanes) is 3. The van der Waals surface area contributed by atoms with Crippen LogP contribution in [-0.4, -0.2) is 23.9 Å². The van der Waals surface area contributed by atoms with Crippen molar-refractivity contribution in [3.8, 4) is 0 Å². The molecule has 0 bridgehead atoms. The maximum absolute atomic E-state index is 12.9. The Hall–Kier alpha value is -2.66. The minimum absolute atomic E-state index is 0.181. The molecule has 29 heavy (non-hydrogen) atoms. The van der Waals surface area contributed by atoms with Crippen LogP contribution in [0.15, 0.2) is 42.5 Å². The highest BCUT2D eigenvalue weighted by molar-refractivity contribution is 6.39. The average Bonchev–Trinajstić information content (AvgIpc) is 2.96. The zero-order chi connectivity index (χ0) is 21.0. The summed E-state index contributed by atoms with van der Waals surface area (Å²) in [5.74, 6) is -1.45. The number of hydrogen-bond acceptors (Lipinski definition) is 4. The third-order valence-corrected chi connectivity index (χ3v) is 5.31. The summed E-state index contributed by atoms with van der Waals surface area (Å²) in [5, 5.41) is 0.304. The molecule has 5 nitrogen and oxygen atoms in total. The van der Waals surface area contributed by atoms with Crippen LogP contribution in [0, 0.1) is 0 Å². The lowest BCUT2D eigenvalue weighted by atomic mass is 10.1. The predicted octanol–water partition coefficient (Wildman–Crippen LogP) is 5.66. The van der Waals surface area contributed by atoms with Crippen LogP contribution in [0.5, 0.6) is 0 Å². The fourth-order valence-electron chi connectivity index (χ4n) is 3.39. The largest absolute Gasteiger partial charge is 0.459 e. The van der Waals surface area contributed by atoms with E-state index in [9.17, 15) is 14.4 Å². The Labute approximate surface area is 175 Å². The first kappa shape index (κ1) is 21.1. The van der Waals surface area contributed by atoms with Crippen LogP contribution in [-0.2, 0) is 4.74 Å². The van der Waals surface area contributed by atoms with Gasteiger partial charge in [-0.05, 0) is 50.1 Å². The lowest BCUT2D eigenvalue weighted by molar-refractivity contribution is 0.0319. The summed E-state index contributed by atoms with van der Waals surface area (Å²) in [4.78, 5) is 39.1. The lowest BCUT2D eigenvalue weighted by Crippen LogP contribution is -2.29. The van der Waals surface area contributed by atoms with Crippen molar-refractivity contribution in [3.05, 3.63) is 64.2 Å². The van der Waals surface area contributed by atoms with Gasteiger partial charge in [0.25, 0.3) is 11.8 Å². The van der Waals surface area contributed by atoms with Crippen LogP contribution < -0.4 is 4.90 Å². The zero-order valence-electron chi connectivity index (χ0n) is 16.6. The molecular formula is C23H24ClNO4. The third kappa shape index (κ3) is 4.51. The van der Waals surface area contributed by atoms with Gasteiger partial charge in [-0.15, -0.1) is 0 Å². The lowest BCUT2D eigenvalue weighted by Gasteiger charge is -2.15. The first-order valence-electron chi connectivity index (χ1n) is 9.92. The number of hydrogen-bond donors (Lipinski definition) is 0. The van der Waals surface area contributed by atoms with Crippen molar-refractivity contribution in [1.82, 2.24) is 0 Å². The van der Waals surface area contributed by atoms with Gasteiger partial charge in [-0.25, -0.2) is 9.69 Å². The van der Waals surface area contributed by atoms with E-state index in [4.69, 9.17) is 16.3 Å². The van der Waals surface area contributed by atoms with E-state index in [1.54, 1.807) is 24.3 Å². The number of nitrogens with zero attached hydrogens (tertiary/aromatic N) is 1. The Balaban J connectivity index is 1.74. The number of rotatable bonds is 8. The number of amides is 2. The van der Waals surface area contributed by atoms with E-state index >= 15 is 0 Å². The second-order valence-corrected chi connectivity index (χ2v) is 7.63. The van der Waals surface area contributed by atoms with Gasteiger partial charge in [-0.1, -0.05) is 49.9 Å². The molecule has 0 aliphatic carbocycles. The molecule has 1 atom stereocenters. The number of fused-ring (bicyclic) bond motifs is 1. The van der Waals surface area contributed by atoms with Gasteiger partial charge in [0.15, 0.2) is 0 Å². The second kappa shape index (κ2) is 9.23. The van der Waals surface area contributed by atoms with Crippen molar-refractivity contribution in [2.24, 2.45) is 0 Å². The van der Waals surface area contributed by atoms with E-state index in [-0.39, 0.29) is 22.8 Å². The third-order valence-electron chi connectivity index (χ3n) is 4.99. The highest BCUT2D eigenvalue weighted by Gasteiger charge is 2.38. The minimum atomic E-state index is -0.500. The van der Waals surface area contributed by atoms with E-state index in [0.29, 0.717) is 10.7 Å². The molecule has 0 aromatic heterocycles. The second-order valence-electron chi connectivity index (χ2n) is 7.22. The SMILES string of the molecule is CCCCCCC(C)OC(=O)c1ccc2c(c1)C(=O)N(c1ccccc1Cl)C2=O. The molecule has 0 fully saturated rings. The number of anilines is 1. The van der Waals surface area contributed by atoms with E-state index in [1.807, 2.05) is 6.92 Å². The zero-order valence-corrected chi connectivity index (χ0v) is 17.4. The van der Waals surface area contributed by atoms with Crippen molar-refractivity contribution in [3.63, 3.8) is 0 Å². The van der Waals surface area contributed by atoms with Crippen molar-refractivity contribution < 1.29 is 19.1 Å². The predicted molar refractivity (Wildman–Crippen MR) is 113 cm³/mol. The molecule has 2 aromatic rings. The molecule has 0 radical (unpaired) electrons. The summed E-state index contributed by atoms with van der Waals surface area (Å²) in [6.07, 6.45) is 5.04. The van der Waals surface area contributed by atoms with Crippen LogP contribution in [0.3, 0.4) is 0 Å². The summed E-state index contributed by atoms with van der Waals surface area (Å²) < 4.78 is 5.50. The molecule has 3 rings (SSSR count). The summed E-state index contributed by atoms with van der Waals surface area (Å²) in [7, 11) is 0. The van der Waals surface area contributed by atoms with E-state index in [0.717, 1.165) is 30.6 Å². The number of carbonyl (C=O) groups excluding carboxylic acids is 3. The van der Waals surface area contributed by atoms with E-state index in [1.165, 1.54) is 24.6 Å². The summed E-state index contributed by atoms with van der Waals surface area (Å²) in [6.45, 7) is 4.02. The number of para-hydroxylation sites is 1. The number of carbonyl (C=O) groups is 3. The van der Waals surface area contributed by atoms with Gasteiger partial charge in [0.1, 0.15) is 0 Å². The summed E-state index contributed by atoms with van der Waals surface area (Å²) >= 11 is 6.16. The number of imide groups is 1. The molecule has 0 saturated heterocycles. The fourth-order valence-corrected chi connectivity index (χ4v) is 3.61. The van der Waals surface area contributed by atoms with Crippen molar-refractivity contribution >= 4 is 35.1 Å². The molecule has 2 aromatic carbocycles. The number of halogens is 1. The molecular weight excluding hydrogens is 390 g/mol. The van der Waals surface area contributed by atoms with E-state index in [2.05, 4.69) is 6.92 Å². The molecule has 152 valence electrons. The molecule has 1 aliphatic rings. The Morgan fingerprint density at radius 1 is 1.03 bits per heavy atom. The van der Waals surface area contributed by atoms with Gasteiger partial charge in [-0.2, -0.15) is 0 Å². The number of benzene rings is 2. The molecule has 6 heteroatoms. The first-order chi connectivity index (χ1) is 13.9. The van der Waals surface area contributed by atoms with Crippen molar-refractivity contribution in [1.29, 1.82) is 0 Å². The average molecular weight is 414 g/mol. The molecule has 0 spiro atoms. The maximum atomic E-state index is 12.9.